The average Bonchev–Trinajstić information content (AvgIpc) is 2.64. The van der Waals surface area contributed by atoms with Crippen LogP contribution in [-0.2, 0) is 16.1 Å². The van der Waals surface area contributed by atoms with Gasteiger partial charge >= 0.3 is 0 Å². The van der Waals surface area contributed by atoms with E-state index < -0.39 is 0 Å². The van der Waals surface area contributed by atoms with Gasteiger partial charge in [-0.1, -0.05) is 6.07 Å². The molecule has 0 aliphatic heterocycles. The minimum Gasteiger partial charge on any atom is -0.377 e. The van der Waals surface area contributed by atoms with Gasteiger partial charge in [0.25, 0.3) is 0 Å². The number of nitrogens with zero attached hydrogens (tertiary/aromatic N) is 1. The number of ketones is 1. The quantitative estimate of drug-likeness (QED) is 0.790. The van der Waals surface area contributed by atoms with Gasteiger partial charge in [-0.05, 0) is 18.2 Å². The average molecular weight is 221 g/mol. The molecule has 0 spiro atoms. The van der Waals surface area contributed by atoms with Crippen molar-refractivity contribution in [3.8, 4) is 0 Å². The van der Waals surface area contributed by atoms with Crippen molar-refractivity contribution in [3.05, 3.63) is 36.3 Å². The highest BCUT2D eigenvalue weighted by Gasteiger charge is 2.08. The van der Waals surface area contributed by atoms with E-state index in [1.165, 1.54) is 13.2 Å². The molecule has 1 heterocycles. The number of fused-ring (bicyclic) bond motifs is 1. The van der Waals surface area contributed by atoms with Gasteiger partial charge in [-0.15, -0.1) is 0 Å². The summed E-state index contributed by atoms with van der Waals surface area (Å²) >= 11 is 0. The molecule has 0 radical (unpaired) electrons. The summed E-state index contributed by atoms with van der Waals surface area (Å²) in [7, 11) is 1.48. The van der Waals surface area contributed by atoms with Gasteiger partial charge in [-0.3, -0.25) is 4.79 Å². The molecular weight excluding hydrogens is 209 g/mol. The zero-order chi connectivity index (χ0) is 11.5. The van der Waals surface area contributed by atoms with Gasteiger partial charge in [0.2, 0.25) is 0 Å². The number of rotatable bonds is 4. The van der Waals surface area contributed by atoms with Crippen LogP contribution in [0.3, 0.4) is 0 Å². The molecule has 0 saturated heterocycles. The molecule has 0 amide bonds. The van der Waals surface area contributed by atoms with Crippen LogP contribution in [0.5, 0.6) is 0 Å². The Balaban J connectivity index is 2.32. The minimum atomic E-state index is -0.268. The van der Waals surface area contributed by atoms with Crippen molar-refractivity contribution < 1.29 is 13.9 Å². The molecular formula is C12H12FNO2. The number of methoxy groups -OCH3 is 1. The maximum absolute atomic E-state index is 13.4. The van der Waals surface area contributed by atoms with Gasteiger partial charge in [0.05, 0.1) is 12.1 Å². The normalized spacial score (nSPS) is 10.9. The largest absolute Gasteiger partial charge is 0.377 e. The maximum Gasteiger partial charge on any atom is 0.178 e. The molecule has 84 valence electrons. The Morgan fingerprint density at radius 2 is 2.25 bits per heavy atom. The molecule has 16 heavy (non-hydrogen) atoms. The second kappa shape index (κ2) is 4.45. The van der Waals surface area contributed by atoms with E-state index in [2.05, 4.69) is 0 Å². The number of carbonyl (C=O) groups is 1. The molecule has 4 heteroatoms. The Labute approximate surface area is 92.4 Å². The van der Waals surface area contributed by atoms with Crippen LogP contribution in [-0.4, -0.2) is 24.1 Å². The molecule has 2 aromatic rings. The van der Waals surface area contributed by atoms with Gasteiger partial charge < -0.3 is 9.30 Å². The SMILES string of the molecule is COCC(=O)Cn1ccc2c(F)cccc21. The molecule has 0 bridgehead atoms. The molecule has 0 unspecified atom stereocenters. The van der Waals surface area contributed by atoms with Gasteiger partial charge in [-0.25, -0.2) is 4.39 Å². The van der Waals surface area contributed by atoms with E-state index >= 15 is 0 Å². The van der Waals surface area contributed by atoms with Crippen LogP contribution in [0.1, 0.15) is 0 Å². The number of hydrogen-bond donors (Lipinski definition) is 0. The summed E-state index contributed by atoms with van der Waals surface area (Å²) in [5, 5.41) is 0.535. The fourth-order valence-corrected chi connectivity index (χ4v) is 1.72. The fraction of sp³-hybridized carbons (Fsp3) is 0.250. The van der Waals surface area contributed by atoms with E-state index in [1.807, 2.05) is 0 Å². The zero-order valence-electron chi connectivity index (χ0n) is 8.94. The third-order valence-corrected chi connectivity index (χ3v) is 2.41. The topological polar surface area (TPSA) is 31.2 Å². The Hall–Kier alpha value is -1.68. The molecule has 0 N–H and O–H groups in total. The first-order valence-electron chi connectivity index (χ1n) is 4.96. The molecule has 3 nitrogen and oxygen atoms in total. The smallest absolute Gasteiger partial charge is 0.178 e. The van der Waals surface area contributed by atoms with Crippen LogP contribution in [0.15, 0.2) is 30.5 Å². The number of aromatic nitrogens is 1. The number of benzene rings is 1. The molecule has 2 rings (SSSR count). The highest BCUT2D eigenvalue weighted by Crippen LogP contribution is 2.18. The zero-order valence-corrected chi connectivity index (χ0v) is 8.94. The molecule has 0 aliphatic rings. The first kappa shape index (κ1) is 10.8. The van der Waals surface area contributed by atoms with Crippen molar-refractivity contribution in [1.29, 1.82) is 0 Å². The summed E-state index contributed by atoms with van der Waals surface area (Å²) in [5.74, 6) is -0.306. The van der Waals surface area contributed by atoms with Crippen molar-refractivity contribution in [1.82, 2.24) is 4.57 Å². The van der Waals surface area contributed by atoms with Crippen LogP contribution < -0.4 is 0 Å². The molecule has 0 atom stereocenters. The fourth-order valence-electron chi connectivity index (χ4n) is 1.72. The van der Waals surface area contributed by atoms with Gasteiger partial charge in [0, 0.05) is 18.7 Å². The molecule has 1 aromatic carbocycles. The van der Waals surface area contributed by atoms with E-state index in [4.69, 9.17) is 4.74 Å². The molecule has 1 aromatic heterocycles. The highest BCUT2D eigenvalue weighted by atomic mass is 19.1. The van der Waals surface area contributed by atoms with Crippen molar-refractivity contribution >= 4 is 16.7 Å². The van der Waals surface area contributed by atoms with Crippen LogP contribution in [0, 0.1) is 5.82 Å². The van der Waals surface area contributed by atoms with Crippen molar-refractivity contribution in [2.24, 2.45) is 0 Å². The van der Waals surface area contributed by atoms with E-state index in [0.717, 1.165) is 5.52 Å². The summed E-state index contributed by atoms with van der Waals surface area (Å²) < 4.78 is 19.8. The van der Waals surface area contributed by atoms with Crippen molar-refractivity contribution in [2.45, 2.75) is 6.54 Å². The summed E-state index contributed by atoms with van der Waals surface area (Å²) in [6.45, 7) is 0.287. The lowest BCUT2D eigenvalue weighted by Crippen LogP contribution is -2.14. The second-order valence-electron chi connectivity index (χ2n) is 3.59. The van der Waals surface area contributed by atoms with Crippen molar-refractivity contribution in [2.75, 3.05) is 13.7 Å². The number of carbonyl (C=O) groups excluding carboxylic acids is 1. The Morgan fingerprint density at radius 3 is 3.00 bits per heavy atom. The van der Waals surface area contributed by atoms with Gasteiger partial charge in [0.15, 0.2) is 5.78 Å². The monoisotopic (exact) mass is 221 g/mol. The third kappa shape index (κ3) is 1.97. The van der Waals surface area contributed by atoms with Crippen LogP contribution in [0.25, 0.3) is 10.9 Å². The molecule has 0 aliphatic carbocycles. The Bertz CT molecular complexity index is 519. The maximum atomic E-state index is 13.4. The van der Waals surface area contributed by atoms with Crippen LogP contribution in [0.2, 0.25) is 0 Å². The predicted molar refractivity (Wildman–Crippen MR) is 58.8 cm³/mol. The van der Waals surface area contributed by atoms with E-state index in [-0.39, 0.29) is 24.8 Å². The number of hydrogen-bond acceptors (Lipinski definition) is 2. The highest BCUT2D eigenvalue weighted by molar-refractivity contribution is 5.85. The number of halogens is 1. The van der Waals surface area contributed by atoms with E-state index in [0.29, 0.717) is 5.39 Å². The molecule has 0 saturated carbocycles. The first-order valence-corrected chi connectivity index (χ1v) is 4.96. The van der Waals surface area contributed by atoms with Gasteiger partial charge in [-0.2, -0.15) is 0 Å². The van der Waals surface area contributed by atoms with Gasteiger partial charge in [0.1, 0.15) is 12.4 Å². The first-order chi connectivity index (χ1) is 7.72. The van der Waals surface area contributed by atoms with Crippen LogP contribution in [0.4, 0.5) is 4.39 Å². The Kier molecular flexibility index (Phi) is 3.01. The lowest BCUT2D eigenvalue weighted by Gasteiger charge is -2.04. The summed E-state index contributed by atoms with van der Waals surface area (Å²) in [6.07, 6.45) is 1.71. The number of ether oxygens (including phenoxy) is 1. The lowest BCUT2D eigenvalue weighted by molar-refractivity contribution is -0.123. The Morgan fingerprint density at radius 1 is 1.44 bits per heavy atom. The number of Topliss-reactive ketones (excluding diaryl/α,β-unsaturated/α-hetero) is 1. The minimum absolute atomic E-state index is 0.0377. The summed E-state index contributed by atoms with van der Waals surface area (Å²) in [6, 6.07) is 6.50. The van der Waals surface area contributed by atoms with E-state index in [1.54, 1.807) is 29.0 Å². The summed E-state index contributed by atoms with van der Waals surface area (Å²) in [5.41, 5.74) is 0.726. The van der Waals surface area contributed by atoms with Crippen LogP contribution >= 0.6 is 0 Å². The predicted octanol–water partition coefficient (Wildman–Crippen LogP) is 2.00. The van der Waals surface area contributed by atoms with E-state index in [9.17, 15) is 9.18 Å². The summed E-state index contributed by atoms with van der Waals surface area (Å²) in [4.78, 5) is 11.4. The lowest BCUT2D eigenvalue weighted by atomic mass is 10.2. The third-order valence-electron chi connectivity index (χ3n) is 2.41. The standard InChI is InChI=1S/C12H12FNO2/c1-16-8-9(15)7-14-6-5-10-11(13)3-2-4-12(10)14/h2-6H,7-8H2,1H3. The second-order valence-corrected chi connectivity index (χ2v) is 3.59. The molecule has 0 fully saturated rings. The van der Waals surface area contributed by atoms with Crippen molar-refractivity contribution in [3.63, 3.8) is 0 Å².